The summed E-state index contributed by atoms with van der Waals surface area (Å²) in [7, 11) is 1.33. The maximum Gasteiger partial charge on any atom is 0.340 e. The van der Waals surface area contributed by atoms with Crippen molar-refractivity contribution >= 4 is 22.7 Å². The van der Waals surface area contributed by atoms with E-state index in [0.29, 0.717) is 22.3 Å². The highest BCUT2D eigenvalue weighted by Gasteiger charge is 2.13. The molecule has 5 nitrogen and oxygen atoms in total. The smallest absolute Gasteiger partial charge is 0.340 e. The number of aromatic nitrogens is 2. The van der Waals surface area contributed by atoms with E-state index in [9.17, 15) is 4.79 Å². The Morgan fingerprint density at radius 3 is 2.81 bits per heavy atom. The quantitative estimate of drug-likeness (QED) is 0.728. The molecule has 0 aliphatic carbocycles. The van der Waals surface area contributed by atoms with Crippen LogP contribution in [0.1, 0.15) is 15.9 Å². The summed E-state index contributed by atoms with van der Waals surface area (Å²) in [4.78, 5) is 19.5. The molecule has 2 N–H and O–H groups in total. The topological polar surface area (TPSA) is 78.1 Å². The van der Waals surface area contributed by atoms with Gasteiger partial charge in [-0.15, -0.1) is 0 Å². The number of hydrogen-bond acceptors (Lipinski definition) is 5. The minimum absolute atomic E-state index is 0.360. The standard InChI is InChI=1S/C11H11N3O2/c1-6-3-7-9(13-5-14-10(7)12)8(4-6)11(15)16-2/h3-5H,1-2H3,(H2,12,13,14). The zero-order valence-electron chi connectivity index (χ0n) is 9.02. The summed E-state index contributed by atoms with van der Waals surface area (Å²) in [6.45, 7) is 1.87. The van der Waals surface area contributed by atoms with Gasteiger partial charge in [0.2, 0.25) is 0 Å². The lowest BCUT2D eigenvalue weighted by atomic mass is 10.1. The van der Waals surface area contributed by atoms with E-state index < -0.39 is 5.97 Å². The van der Waals surface area contributed by atoms with Crippen LogP contribution in [0.4, 0.5) is 5.82 Å². The third-order valence-electron chi connectivity index (χ3n) is 2.32. The van der Waals surface area contributed by atoms with Crippen LogP contribution in [0.5, 0.6) is 0 Å². The molecule has 0 saturated carbocycles. The average Bonchev–Trinajstić information content (AvgIpc) is 2.28. The van der Waals surface area contributed by atoms with Crippen molar-refractivity contribution in [3.05, 3.63) is 29.6 Å². The van der Waals surface area contributed by atoms with Gasteiger partial charge in [-0.3, -0.25) is 0 Å². The number of anilines is 1. The molecule has 0 saturated heterocycles. The zero-order chi connectivity index (χ0) is 11.7. The lowest BCUT2D eigenvalue weighted by Crippen LogP contribution is -2.05. The first-order valence-electron chi connectivity index (χ1n) is 4.72. The van der Waals surface area contributed by atoms with Crippen LogP contribution in [0.3, 0.4) is 0 Å². The van der Waals surface area contributed by atoms with Crippen LogP contribution in [0.25, 0.3) is 10.9 Å². The predicted molar refractivity (Wildman–Crippen MR) is 60.0 cm³/mol. The van der Waals surface area contributed by atoms with E-state index >= 15 is 0 Å². The fourth-order valence-electron chi connectivity index (χ4n) is 1.60. The number of aryl methyl sites for hydroxylation is 1. The number of fused-ring (bicyclic) bond motifs is 1. The summed E-state index contributed by atoms with van der Waals surface area (Å²) in [5.74, 6) is -0.0642. The predicted octanol–water partition coefficient (Wildman–Crippen LogP) is 1.31. The maximum absolute atomic E-state index is 11.6. The molecule has 0 radical (unpaired) electrons. The Labute approximate surface area is 92.3 Å². The normalized spacial score (nSPS) is 10.4. The Hall–Kier alpha value is -2.17. The van der Waals surface area contributed by atoms with Gasteiger partial charge in [-0.2, -0.15) is 0 Å². The van der Waals surface area contributed by atoms with Crippen LogP contribution in [0.2, 0.25) is 0 Å². The van der Waals surface area contributed by atoms with Gasteiger partial charge in [-0.1, -0.05) is 0 Å². The fraction of sp³-hybridized carbons (Fsp3) is 0.182. The van der Waals surface area contributed by atoms with Gasteiger partial charge >= 0.3 is 5.97 Å². The van der Waals surface area contributed by atoms with Crippen LogP contribution >= 0.6 is 0 Å². The molecule has 0 unspecified atom stereocenters. The second-order valence-electron chi connectivity index (χ2n) is 3.46. The van der Waals surface area contributed by atoms with Crippen LogP contribution in [-0.2, 0) is 4.74 Å². The summed E-state index contributed by atoms with van der Waals surface area (Å²) >= 11 is 0. The Morgan fingerprint density at radius 2 is 2.12 bits per heavy atom. The van der Waals surface area contributed by atoms with Gasteiger partial charge in [0, 0.05) is 5.39 Å². The van der Waals surface area contributed by atoms with Gasteiger partial charge in [0.25, 0.3) is 0 Å². The van der Waals surface area contributed by atoms with Crippen molar-refractivity contribution in [1.29, 1.82) is 0 Å². The van der Waals surface area contributed by atoms with Gasteiger partial charge in [0.1, 0.15) is 12.1 Å². The molecular formula is C11H11N3O2. The minimum Gasteiger partial charge on any atom is -0.465 e. The van der Waals surface area contributed by atoms with E-state index in [-0.39, 0.29) is 0 Å². The second kappa shape index (κ2) is 3.77. The molecule has 82 valence electrons. The summed E-state index contributed by atoms with van der Waals surface area (Å²) in [6, 6.07) is 3.57. The van der Waals surface area contributed by atoms with E-state index in [4.69, 9.17) is 10.5 Å². The second-order valence-corrected chi connectivity index (χ2v) is 3.46. The number of benzene rings is 1. The number of nitrogen functional groups attached to an aromatic ring is 1. The summed E-state index contributed by atoms with van der Waals surface area (Å²) in [5, 5.41) is 0.669. The van der Waals surface area contributed by atoms with Crippen LogP contribution in [-0.4, -0.2) is 23.0 Å². The lowest BCUT2D eigenvalue weighted by molar-refractivity contribution is 0.0602. The number of carbonyl (C=O) groups excluding carboxylic acids is 1. The number of nitrogens with zero attached hydrogens (tertiary/aromatic N) is 2. The molecule has 1 heterocycles. The molecular weight excluding hydrogens is 206 g/mol. The highest BCUT2D eigenvalue weighted by molar-refractivity contribution is 6.05. The number of nitrogens with two attached hydrogens (primary N) is 1. The molecule has 2 rings (SSSR count). The number of methoxy groups -OCH3 is 1. The average molecular weight is 217 g/mol. The van der Waals surface area contributed by atoms with Crippen molar-refractivity contribution in [3.8, 4) is 0 Å². The van der Waals surface area contributed by atoms with Crippen molar-refractivity contribution < 1.29 is 9.53 Å². The van der Waals surface area contributed by atoms with E-state index in [1.807, 2.05) is 13.0 Å². The first-order valence-corrected chi connectivity index (χ1v) is 4.72. The lowest BCUT2D eigenvalue weighted by Gasteiger charge is -2.06. The molecule has 0 spiro atoms. The molecule has 0 amide bonds. The molecule has 0 aliphatic rings. The minimum atomic E-state index is -0.424. The van der Waals surface area contributed by atoms with E-state index in [2.05, 4.69) is 9.97 Å². The Balaban J connectivity index is 2.83. The highest BCUT2D eigenvalue weighted by atomic mass is 16.5. The largest absolute Gasteiger partial charge is 0.465 e. The van der Waals surface area contributed by atoms with Gasteiger partial charge in [0.15, 0.2) is 0 Å². The molecule has 16 heavy (non-hydrogen) atoms. The van der Waals surface area contributed by atoms with Gasteiger partial charge in [-0.25, -0.2) is 14.8 Å². The Morgan fingerprint density at radius 1 is 1.38 bits per heavy atom. The molecule has 0 aliphatic heterocycles. The van der Waals surface area contributed by atoms with Gasteiger partial charge < -0.3 is 10.5 Å². The van der Waals surface area contributed by atoms with Crippen molar-refractivity contribution in [3.63, 3.8) is 0 Å². The van der Waals surface area contributed by atoms with E-state index in [1.165, 1.54) is 13.4 Å². The molecule has 1 aromatic heterocycles. The van der Waals surface area contributed by atoms with Crippen LogP contribution in [0, 0.1) is 6.92 Å². The highest BCUT2D eigenvalue weighted by Crippen LogP contribution is 2.22. The Bertz CT molecular complexity index is 566. The maximum atomic E-state index is 11.6. The zero-order valence-corrected chi connectivity index (χ0v) is 9.02. The number of esters is 1. The number of hydrogen-bond donors (Lipinski definition) is 1. The molecule has 0 bridgehead atoms. The monoisotopic (exact) mass is 217 g/mol. The third-order valence-corrected chi connectivity index (χ3v) is 2.32. The van der Waals surface area contributed by atoms with Crippen LogP contribution < -0.4 is 5.73 Å². The SMILES string of the molecule is COC(=O)c1cc(C)cc2c(N)ncnc12. The number of carbonyl (C=O) groups is 1. The number of rotatable bonds is 1. The summed E-state index contributed by atoms with van der Waals surface area (Å²) < 4.78 is 4.70. The van der Waals surface area contributed by atoms with Crippen molar-refractivity contribution in [2.24, 2.45) is 0 Å². The summed E-state index contributed by atoms with van der Waals surface area (Å²) in [5.41, 5.74) is 7.57. The Kier molecular flexibility index (Phi) is 2.44. The van der Waals surface area contributed by atoms with E-state index in [1.54, 1.807) is 6.07 Å². The molecule has 2 aromatic rings. The van der Waals surface area contributed by atoms with Gasteiger partial charge in [-0.05, 0) is 24.6 Å². The van der Waals surface area contributed by atoms with Crippen molar-refractivity contribution in [2.75, 3.05) is 12.8 Å². The molecule has 0 fully saturated rings. The summed E-state index contributed by atoms with van der Waals surface area (Å²) in [6.07, 6.45) is 1.33. The van der Waals surface area contributed by atoms with Crippen molar-refractivity contribution in [2.45, 2.75) is 6.92 Å². The van der Waals surface area contributed by atoms with Crippen LogP contribution in [0.15, 0.2) is 18.5 Å². The molecule has 0 atom stereocenters. The molecule has 5 heteroatoms. The first kappa shape index (κ1) is 10.4. The molecule has 1 aromatic carbocycles. The number of ether oxygens (including phenoxy) is 1. The van der Waals surface area contributed by atoms with E-state index in [0.717, 1.165) is 5.56 Å². The third kappa shape index (κ3) is 1.56. The fourth-order valence-corrected chi connectivity index (χ4v) is 1.60. The first-order chi connectivity index (χ1) is 7.63. The van der Waals surface area contributed by atoms with Crippen molar-refractivity contribution in [1.82, 2.24) is 9.97 Å². The van der Waals surface area contributed by atoms with Gasteiger partial charge in [0.05, 0.1) is 18.2 Å².